The Labute approximate surface area is 63.9 Å². The Hall–Kier alpha value is -0.650. The molecule has 1 heterocycles. The minimum Gasteiger partial charge on any atom is -0.459 e. The quantitative estimate of drug-likeness (QED) is 0.533. The molecule has 0 aliphatic carbocycles. The summed E-state index contributed by atoms with van der Waals surface area (Å²) in [6, 6.07) is 0. The molecule has 1 rings (SSSR count). The predicted octanol–water partition coefficient (Wildman–Crippen LogP) is -1.11. The van der Waals surface area contributed by atoms with Gasteiger partial charge in [0.15, 0.2) is 0 Å². The van der Waals surface area contributed by atoms with Crippen molar-refractivity contribution in [3.63, 3.8) is 0 Å². The summed E-state index contributed by atoms with van der Waals surface area (Å²) in [5, 5.41) is 8.30. The van der Waals surface area contributed by atoms with Crippen molar-refractivity contribution < 1.29 is 24.1 Å². The van der Waals surface area contributed by atoms with Gasteiger partial charge in [0.25, 0.3) is 6.29 Å². The second kappa shape index (κ2) is 4.27. The second-order valence-electron chi connectivity index (χ2n) is 1.96. The highest BCUT2D eigenvalue weighted by Gasteiger charge is 2.25. The lowest BCUT2D eigenvalue weighted by atomic mass is 10.6. The van der Waals surface area contributed by atoms with Gasteiger partial charge >= 0.3 is 5.97 Å². The van der Waals surface area contributed by atoms with Crippen molar-refractivity contribution in [3.8, 4) is 0 Å². The van der Waals surface area contributed by atoms with Crippen molar-refractivity contribution in [1.82, 2.24) is 0 Å². The zero-order valence-corrected chi connectivity index (χ0v) is 5.99. The highest BCUT2D eigenvalue weighted by atomic mass is 16.7. The van der Waals surface area contributed by atoms with E-state index >= 15 is 0 Å². The van der Waals surface area contributed by atoms with Crippen LogP contribution in [0.2, 0.25) is 0 Å². The number of carbonyl (C=O) groups excluding carboxylic acids is 1. The molecule has 0 aromatic heterocycles. The summed E-state index contributed by atoms with van der Waals surface area (Å²) in [6.45, 7) is 0.637. The van der Waals surface area contributed by atoms with Crippen LogP contribution in [0.1, 0.15) is 0 Å². The molecular weight excluding hydrogens is 152 g/mol. The van der Waals surface area contributed by atoms with Crippen LogP contribution in [0.25, 0.3) is 0 Å². The molecule has 1 fully saturated rings. The Morgan fingerprint density at radius 2 is 2.18 bits per heavy atom. The number of carbonyl (C=O) groups is 1. The topological polar surface area (TPSA) is 65.0 Å². The molecule has 0 unspecified atom stereocenters. The van der Waals surface area contributed by atoms with Crippen LogP contribution in [0.5, 0.6) is 0 Å². The van der Waals surface area contributed by atoms with E-state index in [0.29, 0.717) is 13.2 Å². The van der Waals surface area contributed by atoms with Crippen LogP contribution in [-0.2, 0) is 19.0 Å². The van der Waals surface area contributed by atoms with Gasteiger partial charge in [0.05, 0.1) is 19.8 Å². The summed E-state index contributed by atoms with van der Waals surface area (Å²) in [5.74, 6) is -0.573. The molecule has 1 N–H and O–H groups in total. The highest BCUT2D eigenvalue weighted by Crippen LogP contribution is 2.04. The lowest BCUT2D eigenvalue weighted by Crippen LogP contribution is -2.24. The van der Waals surface area contributed by atoms with E-state index < -0.39 is 12.3 Å². The molecule has 0 spiro atoms. The maximum absolute atomic E-state index is 10.8. The summed E-state index contributed by atoms with van der Waals surface area (Å²) in [6.07, 6.45) is -0.887. The van der Waals surface area contributed by atoms with Crippen LogP contribution >= 0.6 is 0 Å². The van der Waals surface area contributed by atoms with E-state index in [2.05, 4.69) is 4.74 Å². The molecule has 0 aromatic carbocycles. The average molecular weight is 162 g/mol. The van der Waals surface area contributed by atoms with Gasteiger partial charge in [-0.05, 0) is 0 Å². The lowest BCUT2D eigenvalue weighted by molar-refractivity contribution is -0.172. The van der Waals surface area contributed by atoms with Crippen molar-refractivity contribution in [3.05, 3.63) is 0 Å². The third kappa shape index (κ3) is 2.45. The number of ether oxygens (including phenoxy) is 3. The first-order valence-electron chi connectivity index (χ1n) is 3.35. The Morgan fingerprint density at radius 3 is 2.73 bits per heavy atom. The zero-order chi connectivity index (χ0) is 8.10. The molecule has 64 valence electrons. The normalized spacial score (nSPS) is 18.6. The van der Waals surface area contributed by atoms with Gasteiger partial charge in [0.1, 0.15) is 6.61 Å². The van der Waals surface area contributed by atoms with Gasteiger partial charge < -0.3 is 19.3 Å². The van der Waals surface area contributed by atoms with E-state index in [4.69, 9.17) is 14.6 Å². The van der Waals surface area contributed by atoms with Crippen molar-refractivity contribution >= 4 is 5.97 Å². The van der Waals surface area contributed by atoms with Crippen LogP contribution in [0, 0.1) is 0 Å². The van der Waals surface area contributed by atoms with Gasteiger partial charge in [-0.3, -0.25) is 0 Å². The molecule has 5 nitrogen and oxygen atoms in total. The standard InChI is InChI=1S/C6H10O5/c7-1-2-9-5(8)6-10-3-4-11-6/h6-7H,1-4H2. The third-order valence-electron chi connectivity index (χ3n) is 1.15. The molecule has 11 heavy (non-hydrogen) atoms. The van der Waals surface area contributed by atoms with Crippen molar-refractivity contribution in [2.24, 2.45) is 0 Å². The van der Waals surface area contributed by atoms with Crippen LogP contribution in [0.3, 0.4) is 0 Å². The molecule has 5 heteroatoms. The largest absolute Gasteiger partial charge is 0.459 e. The van der Waals surface area contributed by atoms with Gasteiger partial charge in [0.2, 0.25) is 0 Å². The molecule has 0 amide bonds. The summed E-state index contributed by atoms with van der Waals surface area (Å²) >= 11 is 0. The number of aliphatic hydroxyl groups excluding tert-OH is 1. The molecule has 0 bridgehead atoms. The lowest BCUT2D eigenvalue weighted by Gasteiger charge is -2.07. The number of aliphatic hydroxyl groups is 1. The van der Waals surface area contributed by atoms with Crippen LogP contribution < -0.4 is 0 Å². The molecule has 0 aromatic rings. The fourth-order valence-corrected chi connectivity index (χ4v) is 0.709. The number of hydrogen-bond donors (Lipinski definition) is 1. The van der Waals surface area contributed by atoms with E-state index in [1.807, 2.05) is 0 Å². The minimum atomic E-state index is -0.887. The van der Waals surface area contributed by atoms with Gasteiger partial charge in [-0.1, -0.05) is 0 Å². The van der Waals surface area contributed by atoms with Crippen LogP contribution in [0.4, 0.5) is 0 Å². The molecular formula is C6H10O5. The first-order valence-corrected chi connectivity index (χ1v) is 3.35. The number of hydrogen-bond acceptors (Lipinski definition) is 5. The Kier molecular flexibility index (Phi) is 3.28. The Bertz CT molecular complexity index is 129. The summed E-state index contributed by atoms with van der Waals surface area (Å²) in [7, 11) is 0. The SMILES string of the molecule is O=C(OCCO)C1OCCO1. The van der Waals surface area contributed by atoms with E-state index in [1.165, 1.54) is 0 Å². The fourth-order valence-electron chi connectivity index (χ4n) is 0.709. The van der Waals surface area contributed by atoms with Gasteiger partial charge in [-0.15, -0.1) is 0 Å². The van der Waals surface area contributed by atoms with Gasteiger partial charge in [-0.2, -0.15) is 0 Å². The predicted molar refractivity (Wildman–Crippen MR) is 33.7 cm³/mol. The summed E-state index contributed by atoms with van der Waals surface area (Å²) in [5.41, 5.74) is 0. The van der Waals surface area contributed by atoms with Crippen molar-refractivity contribution in [2.45, 2.75) is 6.29 Å². The molecule has 0 atom stereocenters. The van der Waals surface area contributed by atoms with Crippen LogP contribution in [-0.4, -0.2) is 43.8 Å². The monoisotopic (exact) mass is 162 g/mol. The maximum Gasteiger partial charge on any atom is 0.363 e. The smallest absolute Gasteiger partial charge is 0.363 e. The molecule has 1 saturated heterocycles. The molecule has 0 saturated carbocycles. The Morgan fingerprint density at radius 1 is 1.55 bits per heavy atom. The van der Waals surface area contributed by atoms with E-state index in [1.54, 1.807) is 0 Å². The molecule has 0 radical (unpaired) electrons. The first-order chi connectivity index (χ1) is 5.34. The fraction of sp³-hybridized carbons (Fsp3) is 0.833. The van der Waals surface area contributed by atoms with E-state index in [-0.39, 0.29) is 13.2 Å². The maximum atomic E-state index is 10.8. The van der Waals surface area contributed by atoms with Crippen molar-refractivity contribution in [2.75, 3.05) is 26.4 Å². The van der Waals surface area contributed by atoms with Crippen LogP contribution in [0.15, 0.2) is 0 Å². The second-order valence-corrected chi connectivity index (χ2v) is 1.96. The zero-order valence-electron chi connectivity index (χ0n) is 5.99. The van der Waals surface area contributed by atoms with E-state index in [9.17, 15) is 4.79 Å². The number of esters is 1. The highest BCUT2D eigenvalue weighted by molar-refractivity contribution is 5.73. The minimum absolute atomic E-state index is 0.0119. The van der Waals surface area contributed by atoms with Crippen molar-refractivity contribution in [1.29, 1.82) is 0 Å². The van der Waals surface area contributed by atoms with E-state index in [0.717, 1.165) is 0 Å². The summed E-state index contributed by atoms with van der Waals surface area (Å²) in [4.78, 5) is 10.8. The number of rotatable bonds is 3. The van der Waals surface area contributed by atoms with Gasteiger partial charge in [-0.25, -0.2) is 4.79 Å². The van der Waals surface area contributed by atoms with Gasteiger partial charge in [0, 0.05) is 0 Å². The Balaban J connectivity index is 2.17. The summed E-state index contributed by atoms with van der Waals surface area (Å²) < 4.78 is 14.2. The first kappa shape index (κ1) is 8.45. The third-order valence-corrected chi connectivity index (χ3v) is 1.15. The molecule has 1 aliphatic rings. The molecule has 1 aliphatic heterocycles. The average Bonchev–Trinajstić information content (AvgIpc) is 2.52.